The predicted molar refractivity (Wildman–Crippen MR) is 95.9 cm³/mol. The van der Waals surface area contributed by atoms with Gasteiger partial charge in [0.05, 0.1) is 30.3 Å². The highest BCUT2D eigenvalue weighted by Gasteiger charge is 2.50. The van der Waals surface area contributed by atoms with Gasteiger partial charge in [0.25, 0.3) is 5.69 Å². The summed E-state index contributed by atoms with van der Waals surface area (Å²) in [7, 11) is 4.01. The first-order chi connectivity index (χ1) is 12.2. The number of ether oxygens (including phenoxy) is 2. The summed E-state index contributed by atoms with van der Waals surface area (Å²) in [6.45, 7) is 3.30. The lowest BCUT2D eigenvalue weighted by atomic mass is 9.53. The highest BCUT2D eigenvalue weighted by molar-refractivity contribution is 6.28. The predicted octanol–water partition coefficient (Wildman–Crippen LogP) is 0.920. The molecule has 0 fully saturated rings. The van der Waals surface area contributed by atoms with Crippen LogP contribution < -0.4 is 5.32 Å². The first kappa shape index (κ1) is 19.2. The minimum Gasteiger partial charge on any atom is -0.466 e. The van der Waals surface area contributed by atoms with Crippen molar-refractivity contribution in [1.82, 2.24) is 5.32 Å². The normalized spacial score (nSPS) is 16.0. The van der Waals surface area contributed by atoms with Gasteiger partial charge in [0, 0.05) is 28.3 Å². The highest BCUT2D eigenvalue weighted by atomic mass is 16.6. The number of dihydropyridines is 1. The van der Waals surface area contributed by atoms with Crippen molar-refractivity contribution in [2.24, 2.45) is 0 Å². The van der Waals surface area contributed by atoms with E-state index in [0.29, 0.717) is 11.4 Å². The van der Waals surface area contributed by atoms with Crippen molar-refractivity contribution >= 4 is 25.5 Å². The van der Waals surface area contributed by atoms with Crippen LogP contribution in [-0.2, 0) is 24.4 Å². The Balaban J connectivity index is 2.94. The smallest absolute Gasteiger partial charge is 0.335 e. The molecule has 0 saturated carbocycles. The Hall–Kier alpha value is -3.10. The zero-order valence-electron chi connectivity index (χ0n) is 15.2. The number of benzene rings is 1. The maximum atomic E-state index is 12.5. The molecule has 1 heterocycles. The summed E-state index contributed by atoms with van der Waals surface area (Å²) in [6, 6.07) is 5.99. The molecule has 1 aliphatic rings. The number of esters is 2. The van der Waals surface area contributed by atoms with Gasteiger partial charge < -0.3 is 14.8 Å². The van der Waals surface area contributed by atoms with Crippen molar-refractivity contribution in [3.05, 3.63) is 62.5 Å². The molecule has 0 spiro atoms. The highest BCUT2D eigenvalue weighted by Crippen LogP contribution is 2.45. The Kier molecular flexibility index (Phi) is 5.20. The Labute approximate surface area is 151 Å². The van der Waals surface area contributed by atoms with Gasteiger partial charge >= 0.3 is 11.9 Å². The second-order valence-electron chi connectivity index (χ2n) is 6.01. The fourth-order valence-corrected chi connectivity index (χ4v) is 3.52. The van der Waals surface area contributed by atoms with E-state index in [0.717, 1.165) is 0 Å². The molecule has 0 aromatic heterocycles. The van der Waals surface area contributed by atoms with Gasteiger partial charge in [-0.15, -0.1) is 0 Å². The first-order valence-electron chi connectivity index (χ1n) is 7.80. The van der Waals surface area contributed by atoms with Gasteiger partial charge in [-0.1, -0.05) is 18.2 Å². The number of nitro benzene ring substituents is 1. The maximum Gasteiger partial charge on any atom is 0.335 e. The molecular weight excluding hydrogens is 339 g/mol. The monoisotopic (exact) mass is 358 g/mol. The second-order valence-corrected chi connectivity index (χ2v) is 6.01. The number of allylic oxidation sites excluding steroid dienone is 2. The molecule has 26 heavy (non-hydrogen) atoms. The Morgan fingerprint density at radius 3 is 1.96 bits per heavy atom. The van der Waals surface area contributed by atoms with Gasteiger partial charge in [0.15, 0.2) is 0 Å². The summed E-state index contributed by atoms with van der Waals surface area (Å²) in [5.41, 5.74) is 1.11. The third-order valence-corrected chi connectivity index (χ3v) is 4.54. The van der Waals surface area contributed by atoms with Crippen LogP contribution in [0.25, 0.3) is 0 Å². The number of carbonyl (C=O) groups is 2. The minimum absolute atomic E-state index is 0.111. The average molecular weight is 358 g/mol. The standard InChI is InChI=1S/C17H19BN2O6/c1-9-13(15(21)25-3)17(18,14(10(2)19-9)16(22)26-4)11-7-5-6-8-12(11)20(23)24/h5-8,19H,18H2,1-4H3. The van der Waals surface area contributed by atoms with E-state index >= 15 is 0 Å². The van der Waals surface area contributed by atoms with Gasteiger partial charge in [-0.05, 0) is 13.8 Å². The van der Waals surface area contributed by atoms with Crippen LogP contribution in [0.4, 0.5) is 5.69 Å². The quantitative estimate of drug-likeness (QED) is 0.369. The van der Waals surface area contributed by atoms with Crippen LogP contribution in [0.1, 0.15) is 19.4 Å². The molecule has 0 saturated heterocycles. The topological polar surface area (TPSA) is 108 Å². The largest absolute Gasteiger partial charge is 0.466 e. The summed E-state index contributed by atoms with van der Waals surface area (Å²) in [5.74, 6) is -1.38. The average Bonchev–Trinajstić information content (AvgIpc) is 2.60. The number of nitrogens with one attached hydrogen (secondary N) is 1. The third-order valence-electron chi connectivity index (χ3n) is 4.54. The van der Waals surface area contributed by atoms with E-state index in [1.165, 1.54) is 32.4 Å². The van der Waals surface area contributed by atoms with Crippen LogP contribution in [0.5, 0.6) is 0 Å². The van der Waals surface area contributed by atoms with Gasteiger partial charge in [0.2, 0.25) is 0 Å². The molecule has 1 N–H and O–H groups in total. The number of nitrogens with zero attached hydrogens (tertiary/aromatic N) is 1. The Morgan fingerprint density at radius 2 is 1.54 bits per heavy atom. The summed E-state index contributed by atoms with van der Waals surface area (Å²) in [5, 5.41) is 13.1. The lowest BCUT2D eigenvalue weighted by Crippen LogP contribution is -2.46. The molecule has 0 aliphatic carbocycles. The van der Waals surface area contributed by atoms with Crippen molar-refractivity contribution in [1.29, 1.82) is 0 Å². The van der Waals surface area contributed by atoms with Gasteiger partial charge in [-0.25, -0.2) is 9.59 Å². The fourth-order valence-electron chi connectivity index (χ4n) is 3.52. The number of methoxy groups -OCH3 is 2. The summed E-state index contributed by atoms with van der Waals surface area (Å²) < 4.78 is 9.79. The molecule has 0 radical (unpaired) electrons. The molecule has 1 aromatic rings. The second kappa shape index (κ2) is 7.03. The number of hydrogen-bond acceptors (Lipinski definition) is 7. The van der Waals surface area contributed by atoms with Crippen LogP contribution in [0.15, 0.2) is 46.8 Å². The Bertz CT molecular complexity index is 821. The van der Waals surface area contributed by atoms with Gasteiger partial charge in [0.1, 0.15) is 7.85 Å². The zero-order chi connectivity index (χ0) is 19.6. The van der Waals surface area contributed by atoms with Crippen molar-refractivity contribution < 1.29 is 24.0 Å². The van der Waals surface area contributed by atoms with E-state index in [1.807, 2.05) is 0 Å². The molecule has 2 rings (SSSR count). The van der Waals surface area contributed by atoms with Gasteiger partial charge in [-0.2, -0.15) is 0 Å². The van der Waals surface area contributed by atoms with Crippen molar-refractivity contribution in [3.8, 4) is 0 Å². The molecule has 0 amide bonds. The molecule has 8 nitrogen and oxygen atoms in total. The summed E-state index contributed by atoms with van der Waals surface area (Å²) >= 11 is 0. The van der Waals surface area contributed by atoms with E-state index in [2.05, 4.69) is 5.32 Å². The number of nitro groups is 1. The van der Waals surface area contributed by atoms with E-state index in [1.54, 1.807) is 27.8 Å². The third kappa shape index (κ3) is 2.85. The van der Waals surface area contributed by atoms with E-state index in [4.69, 9.17) is 9.47 Å². The molecule has 0 unspecified atom stereocenters. The van der Waals surface area contributed by atoms with Gasteiger partial charge in [-0.3, -0.25) is 10.1 Å². The number of para-hydroxylation sites is 1. The molecule has 0 atom stereocenters. The number of hydrogen-bond donors (Lipinski definition) is 1. The molecule has 136 valence electrons. The molecule has 9 heteroatoms. The first-order valence-corrected chi connectivity index (χ1v) is 7.80. The SMILES string of the molecule is BC1(c2ccccc2[N+](=O)[O-])C(C(=O)OC)=C(C)NC(C)=C1C(=O)OC. The fraction of sp³-hybridized carbons (Fsp3) is 0.294. The summed E-state index contributed by atoms with van der Waals surface area (Å²) in [6.07, 6.45) is 0. The maximum absolute atomic E-state index is 12.5. The van der Waals surface area contributed by atoms with Crippen LogP contribution in [0.2, 0.25) is 0 Å². The number of carbonyl (C=O) groups excluding carboxylic acids is 2. The van der Waals surface area contributed by atoms with E-state index in [9.17, 15) is 19.7 Å². The minimum atomic E-state index is -1.43. The zero-order valence-corrected chi connectivity index (χ0v) is 15.2. The van der Waals surface area contributed by atoms with Crippen molar-refractivity contribution in [2.75, 3.05) is 14.2 Å². The van der Waals surface area contributed by atoms with Crippen LogP contribution in [0.3, 0.4) is 0 Å². The van der Waals surface area contributed by atoms with E-state index in [-0.39, 0.29) is 22.4 Å². The lowest BCUT2D eigenvalue weighted by molar-refractivity contribution is -0.385. The van der Waals surface area contributed by atoms with E-state index < -0.39 is 22.2 Å². The van der Waals surface area contributed by atoms with Crippen LogP contribution in [-0.4, -0.2) is 38.9 Å². The summed E-state index contributed by atoms with van der Waals surface area (Å²) in [4.78, 5) is 36.1. The van der Waals surface area contributed by atoms with Crippen LogP contribution >= 0.6 is 0 Å². The lowest BCUT2D eigenvalue weighted by Gasteiger charge is -2.38. The molecular formula is C17H19BN2O6. The number of rotatable bonds is 4. The van der Waals surface area contributed by atoms with Crippen molar-refractivity contribution in [3.63, 3.8) is 0 Å². The molecule has 1 aliphatic heterocycles. The molecule has 0 bridgehead atoms. The van der Waals surface area contributed by atoms with Crippen molar-refractivity contribution in [2.45, 2.75) is 19.2 Å². The van der Waals surface area contributed by atoms with Crippen LogP contribution in [0, 0.1) is 10.1 Å². The molecule has 1 aromatic carbocycles. The Morgan fingerprint density at radius 1 is 1.08 bits per heavy atom.